The van der Waals surface area contributed by atoms with E-state index >= 15 is 0 Å². The molecule has 2 nitrogen and oxygen atoms in total. The van der Waals surface area contributed by atoms with E-state index < -0.39 is 0 Å². The lowest BCUT2D eigenvalue weighted by molar-refractivity contribution is -0.109. The van der Waals surface area contributed by atoms with Gasteiger partial charge in [-0.1, -0.05) is 64.5 Å². The molecular weight excluding hydrogens is 328 g/mol. The Morgan fingerprint density at radius 1 is 1.05 bits per heavy atom. The summed E-state index contributed by atoms with van der Waals surface area (Å²) >= 11 is 3.36. The fourth-order valence-corrected chi connectivity index (χ4v) is 2.49. The van der Waals surface area contributed by atoms with E-state index in [1.165, 1.54) is 0 Å². The number of carbonyl (C=O) groups is 1. The molecule has 2 aromatic rings. The first-order chi connectivity index (χ1) is 10.3. The van der Waals surface area contributed by atoms with Crippen molar-refractivity contribution >= 4 is 22.2 Å². The summed E-state index contributed by atoms with van der Waals surface area (Å²) in [6, 6.07) is 18.0. The van der Waals surface area contributed by atoms with Crippen LogP contribution in [-0.2, 0) is 11.2 Å². The number of carbonyl (C=O) groups excluding carboxylic acids is 1. The number of ether oxygens (including phenoxy) is 1. The van der Waals surface area contributed by atoms with E-state index in [2.05, 4.69) is 22.0 Å². The zero-order valence-corrected chi connectivity index (χ0v) is 13.5. The molecule has 0 amide bonds. The van der Waals surface area contributed by atoms with E-state index in [0.29, 0.717) is 6.61 Å². The lowest BCUT2D eigenvalue weighted by Gasteiger charge is -2.13. The second-order valence-electron chi connectivity index (χ2n) is 4.84. The smallest absolute Gasteiger partial charge is 0.127 e. The molecule has 0 spiro atoms. The van der Waals surface area contributed by atoms with Crippen LogP contribution in [0.1, 0.15) is 23.5 Å². The molecule has 0 aromatic heterocycles. The van der Waals surface area contributed by atoms with Crippen molar-refractivity contribution < 1.29 is 9.53 Å². The molecule has 0 radical (unpaired) electrons. The van der Waals surface area contributed by atoms with E-state index in [1.54, 1.807) is 0 Å². The Bertz CT molecular complexity index is 554. The first-order valence-electron chi connectivity index (χ1n) is 7.12. The van der Waals surface area contributed by atoms with Gasteiger partial charge in [0.2, 0.25) is 0 Å². The highest BCUT2D eigenvalue weighted by molar-refractivity contribution is 9.09. The first kappa shape index (κ1) is 15.8. The van der Waals surface area contributed by atoms with Gasteiger partial charge in [-0.25, -0.2) is 0 Å². The summed E-state index contributed by atoms with van der Waals surface area (Å²) in [7, 11) is 0. The molecule has 0 aliphatic carbocycles. The standard InChI is InChI=1S/C18H19BrO2/c19-12-13-21-18-9-5-4-8-16(18)10-11-17(14-20)15-6-2-1-3-7-15/h1-9,14,17H,10-13H2. The summed E-state index contributed by atoms with van der Waals surface area (Å²) in [6.45, 7) is 0.646. The van der Waals surface area contributed by atoms with Crippen molar-refractivity contribution in [3.63, 3.8) is 0 Å². The summed E-state index contributed by atoms with van der Waals surface area (Å²) < 4.78 is 5.72. The molecule has 0 aliphatic rings. The SMILES string of the molecule is O=CC(CCc1ccccc1OCCBr)c1ccccc1. The number of para-hydroxylation sites is 1. The van der Waals surface area contributed by atoms with Crippen LogP contribution in [0.3, 0.4) is 0 Å². The highest BCUT2D eigenvalue weighted by Gasteiger charge is 2.11. The number of benzene rings is 2. The quantitative estimate of drug-likeness (QED) is 0.523. The number of aryl methyl sites for hydroxylation is 1. The Morgan fingerprint density at radius 2 is 1.76 bits per heavy atom. The maximum Gasteiger partial charge on any atom is 0.127 e. The maximum atomic E-state index is 11.3. The van der Waals surface area contributed by atoms with Gasteiger partial charge in [-0.05, 0) is 30.0 Å². The van der Waals surface area contributed by atoms with Crippen LogP contribution in [0.4, 0.5) is 0 Å². The summed E-state index contributed by atoms with van der Waals surface area (Å²) in [5.74, 6) is 0.852. The van der Waals surface area contributed by atoms with Crippen molar-refractivity contribution in [3.8, 4) is 5.75 Å². The van der Waals surface area contributed by atoms with E-state index in [-0.39, 0.29) is 5.92 Å². The molecule has 110 valence electrons. The third-order valence-electron chi connectivity index (χ3n) is 3.42. The van der Waals surface area contributed by atoms with E-state index in [4.69, 9.17) is 4.74 Å². The lowest BCUT2D eigenvalue weighted by atomic mass is 9.93. The van der Waals surface area contributed by atoms with Gasteiger partial charge in [0.1, 0.15) is 12.0 Å². The number of alkyl halides is 1. The van der Waals surface area contributed by atoms with Gasteiger partial charge >= 0.3 is 0 Å². The minimum Gasteiger partial charge on any atom is -0.492 e. The minimum atomic E-state index is -0.0598. The van der Waals surface area contributed by atoms with Gasteiger partial charge in [0.15, 0.2) is 0 Å². The molecule has 0 bridgehead atoms. The third-order valence-corrected chi connectivity index (χ3v) is 3.75. The fourth-order valence-electron chi connectivity index (χ4n) is 2.32. The van der Waals surface area contributed by atoms with E-state index in [1.807, 2.05) is 48.5 Å². The molecule has 0 aliphatic heterocycles. The van der Waals surface area contributed by atoms with Crippen LogP contribution in [0.2, 0.25) is 0 Å². The molecule has 21 heavy (non-hydrogen) atoms. The maximum absolute atomic E-state index is 11.3. The van der Waals surface area contributed by atoms with Gasteiger partial charge in [-0.2, -0.15) is 0 Å². The van der Waals surface area contributed by atoms with E-state index in [0.717, 1.165) is 41.3 Å². The summed E-state index contributed by atoms with van der Waals surface area (Å²) in [6.07, 6.45) is 2.66. The van der Waals surface area contributed by atoms with Gasteiger partial charge in [0, 0.05) is 11.2 Å². The van der Waals surface area contributed by atoms with Crippen molar-refractivity contribution in [1.29, 1.82) is 0 Å². The molecule has 3 heteroatoms. The predicted octanol–water partition coefficient (Wildman–Crippen LogP) is 4.38. The van der Waals surface area contributed by atoms with Crippen LogP contribution in [0.25, 0.3) is 0 Å². The van der Waals surface area contributed by atoms with Crippen molar-refractivity contribution in [2.24, 2.45) is 0 Å². The summed E-state index contributed by atoms with van der Waals surface area (Å²) in [5, 5.41) is 0.808. The average Bonchev–Trinajstić information content (AvgIpc) is 2.55. The van der Waals surface area contributed by atoms with Gasteiger partial charge in [-0.15, -0.1) is 0 Å². The number of hydrogen-bond donors (Lipinski definition) is 0. The highest BCUT2D eigenvalue weighted by Crippen LogP contribution is 2.24. The first-order valence-corrected chi connectivity index (χ1v) is 8.24. The molecule has 2 rings (SSSR count). The molecule has 2 aromatic carbocycles. The van der Waals surface area contributed by atoms with Gasteiger partial charge in [0.25, 0.3) is 0 Å². The van der Waals surface area contributed by atoms with Gasteiger partial charge in [-0.3, -0.25) is 0 Å². The Morgan fingerprint density at radius 3 is 2.48 bits per heavy atom. The van der Waals surface area contributed by atoms with Crippen LogP contribution in [0.5, 0.6) is 5.75 Å². The summed E-state index contributed by atoms with van der Waals surface area (Å²) in [4.78, 5) is 11.3. The van der Waals surface area contributed by atoms with Crippen molar-refractivity contribution in [2.75, 3.05) is 11.9 Å². The number of rotatable bonds is 8. The monoisotopic (exact) mass is 346 g/mol. The minimum absolute atomic E-state index is 0.0598. The number of halogens is 1. The number of hydrogen-bond acceptors (Lipinski definition) is 2. The largest absolute Gasteiger partial charge is 0.492 e. The molecule has 0 N–H and O–H groups in total. The molecular formula is C18H19BrO2. The van der Waals surface area contributed by atoms with Crippen LogP contribution in [0, 0.1) is 0 Å². The normalized spacial score (nSPS) is 11.9. The Labute approximate surface area is 134 Å². The van der Waals surface area contributed by atoms with Crippen LogP contribution in [-0.4, -0.2) is 18.2 Å². The Hall–Kier alpha value is -1.61. The van der Waals surface area contributed by atoms with Crippen LogP contribution >= 0.6 is 15.9 Å². The van der Waals surface area contributed by atoms with Crippen molar-refractivity contribution in [1.82, 2.24) is 0 Å². The van der Waals surface area contributed by atoms with Gasteiger partial charge in [0.05, 0.1) is 6.61 Å². The molecule has 0 heterocycles. The third kappa shape index (κ3) is 4.71. The highest BCUT2D eigenvalue weighted by atomic mass is 79.9. The zero-order valence-electron chi connectivity index (χ0n) is 11.9. The van der Waals surface area contributed by atoms with Crippen molar-refractivity contribution in [3.05, 3.63) is 65.7 Å². The predicted molar refractivity (Wildman–Crippen MR) is 89.3 cm³/mol. The molecule has 0 fully saturated rings. The molecule has 0 saturated heterocycles. The van der Waals surface area contributed by atoms with Crippen LogP contribution < -0.4 is 4.74 Å². The Balaban J connectivity index is 2.03. The van der Waals surface area contributed by atoms with Gasteiger partial charge < -0.3 is 9.53 Å². The Kier molecular flexibility index (Phi) is 6.48. The second-order valence-corrected chi connectivity index (χ2v) is 5.63. The number of aldehydes is 1. The van der Waals surface area contributed by atoms with Crippen LogP contribution in [0.15, 0.2) is 54.6 Å². The van der Waals surface area contributed by atoms with Crippen molar-refractivity contribution in [2.45, 2.75) is 18.8 Å². The molecule has 1 atom stereocenters. The topological polar surface area (TPSA) is 26.3 Å². The second kappa shape index (κ2) is 8.63. The fraction of sp³-hybridized carbons (Fsp3) is 0.278. The van der Waals surface area contributed by atoms with E-state index in [9.17, 15) is 4.79 Å². The lowest BCUT2D eigenvalue weighted by Crippen LogP contribution is -2.04. The summed E-state index contributed by atoms with van der Waals surface area (Å²) in [5.41, 5.74) is 2.23. The zero-order chi connectivity index (χ0) is 14.9. The average molecular weight is 347 g/mol. The molecule has 0 saturated carbocycles. The molecule has 1 unspecified atom stereocenters.